The number of sulfonamides is 1. The average molecular weight is 333 g/mol. The van der Waals surface area contributed by atoms with Crippen molar-refractivity contribution in [3.63, 3.8) is 0 Å². The van der Waals surface area contributed by atoms with Gasteiger partial charge in [0.15, 0.2) is 0 Å². The summed E-state index contributed by atoms with van der Waals surface area (Å²) < 4.78 is 27.0. The van der Waals surface area contributed by atoms with Crippen LogP contribution < -0.4 is 10.5 Å². The van der Waals surface area contributed by atoms with Gasteiger partial charge in [0.2, 0.25) is 10.0 Å². The molecule has 0 saturated carbocycles. The predicted molar refractivity (Wildman–Crippen MR) is 79.2 cm³/mol. The zero-order chi connectivity index (χ0) is 14.9. The third kappa shape index (κ3) is 3.26. The van der Waals surface area contributed by atoms with E-state index in [4.69, 9.17) is 17.3 Å². The van der Waals surface area contributed by atoms with Crippen LogP contribution in [0.25, 0.3) is 0 Å². The van der Waals surface area contributed by atoms with E-state index in [1.807, 2.05) is 6.92 Å². The quantitative estimate of drug-likeness (QED) is 0.893. The minimum absolute atomic E-state index is 0.0307. The number of halogens is 1. The normalized spacial score (nSPS) is 13.3. The number of nitrogens with one attached hydrogen (secondary N) is 1. The van der Waals surface area contributed by atoms with Crippen molar-refractivity contribution in [3.8, 4) is 0 Å². The van der Waals surface area contributed by atoms with Crippen LogP contribution in [0.1, 0.15) is 22.9 Å². The van der Waals surface area contributed by atoms with Crippen LogP contribution in [0.4, 0.5) is 5.82 Å². The van der Waals surface area contributed by atoms with Gasteiger partial charge in [0.05, 0.1) is 11.1 Å². The Morgan fingerprint density at radius 1 is 1.40 bits per heavy atom. The summed E-state index contributed by atoms with van der Waals surface area (Å²) in [5.74, 6) is 0.0919. The van der Waals surface area contributed by atoms with Gasteiger partial charge in [0.25, 0.3) is 0 Å². The third-order valence-corrected chi connectivity index (χ3v) is 5.40. The number of nitrogens with zero attached hydrogens (tertiary/aromatic N) is 2. The monoisotopic (exact) mass is 332 g/mol. The van der Waals surface area contributed by atoms with Crippen molar-refractivity contribution < 1.29 is 8.42 Å². The van der Waals surface area contributed by atoms with Crippen molar-refractivity contribution in [2.24, 2.45) is 0 Å². The Morgan fingerprint density at radius 3 is 2.65 bits per heavy atom. The number of hydrogen-bond acceptors (Lipinski definition) is 6. The molecule has 9 heteroatoms. The minimum atomic E-state index is -3.72. The van der Waals surface area contributed by atoms with Gasteiger partial charge in [-0.1, -0.05) is 11.6 Å². The molecule has 0 aliphatic rings. The molecular formula is C11H13ClN4O2S2. The van der Waals surface area contributed by atoms with E-state index in [0.717, 1.165) is 4.88 Å². The first kappa shape index (κ1) is 15.2. The zero-order valence-corrected chi connectivity index (χ0v) is 13.2. The Morgan fingerprint density at radius 2 is 2.10 bits per heavy atom. The number of rotatable bonds is 4. The summed E-state index contributed by atoms with van der Waals surface area (Å²) in [5.41, 5.74) is 5.46. The number of nitrogens with two attached hydrogens (primary N) is 1. The molecule has 2 rings (SSSR count). The first-order valence-electron chi connectivity index (χ1n) is 5.65. The fraction of sp³-hybridized carbons (Fsp3) is 0.273. The van der Waals surface area contributed by atoms with Crippen molar-refractivity contribution in [2.75, 3.05) is 5.73 Å². The molecule has 3 N–H and O–H groups in total. The van der Waals surface area contributed by atoms with Crippen molar-refractivity contribution in [2.45, 2.75) is 24.8 Å². The van der Waals surface area contributed by atoms with Crippen molar-refractivity contribution in [3.05, 3.63) is 33.4 Å². The molecule has 6 nitrogen and oxygen atoms in total. The van der Waals surface area contributed by atoms with Crippen molar-refractivity contribution in [1.29, 1.82) is 0 Å². The highest BCUT2D eigenvalue weighted by atomic mass is 35.5. The van der Waals surface area contributed by atoms with Crippen LogP contribution in [0.3, 0.4) is 0 Å². The molecule has 2 aromatic rings. The lowest BCUT2D eigenvalue weighted by Gasteiger charge is -2.12. The molecule has 20 heavy (non-hydrogen) atoms. The second-order valence-corrected chi connectivity index (χ2v) is 7.58. The molecule has 0 radical (unpaired) electrons. The Hall–Kier alpha value is -1.22. The number of nitrogen functional groups attached to an aromatic ring is 1. The van der Waals surface area contributed by atoms with Gasteiger partial charge in [0, 0.05) is 17.3 Å². The lowest BCUT2D eigenvalue weighted by atomic mass is 10.4. The summed E-state index contributed by atoms with van der Waals surface area (Å²) in [6.07, 6.45) is 2.87. The molecule has 0 aliphatic carbocycles. The van der Waals surface area contributed by atoms with Gasteiger partial charge in [-0.05, 0) is 19.9 Å². The fourth-order valence-electron chi connectivity index (χ4n) is 1.50. The molecule has 0 aromatic carbocycles. The number of aryl methyl sites for hydroxylation is 1. The van der Waals surface area contributed by atoms with Gasteiger partial charge in [-0.3, -0.25) is 0 Å². The van der Waals surface area contributed by atoms with Crippen LogP contribution in [0.15, 0.2) is 23.4 Å². The van der Waals surface area contributed by atoms with Gasteiger partial charge in [0.1, 0.15) is 15.7 Å². The maximum Gasteiger partial charge on any atom is 0.242 e. The molecule has 108 valence electrons. The predicted octanol–water partition coefficient (Wildman–Crippen LogP) is 2.12. The summed E-state index contributed by atoms with van der Waals surface area (Å²) >= 11 is 7.22. The lowest BCUT2D eigenvalue weighted by molar-refractivity contribution is 0.566. The molecule has 2 aromatic heterocycles. The zero-order valence-electron chi connectivity index (χ0n) is 10.8. The topological polar surface area (TPSA) is 98.0 Å². The summed E-state index contributed by atoms with van der Waals surface area (Å²) in [7, 11) is -3.72. The van der Waals surface area contributed by atoms with E-state index < -0.39 is 16.1 Å². The molecule has 2 heterocycles. The van der Waals surface area contributed by atoms with E-state index in [1.165, 1.54) is 23.6 Å². The Labute approximate surface area is 126 Å². The van der Waals surface area contributed by atoms with Crippen LogP contribution in [-0.4, -0.2) is 18.4 Å². The third-order valence-electron chi connectivity index (χ3n) is 2.50. The standard InChI is InChI=1S/C11H13ClN4O2S2/c1-6-4-15-11(19-6)7(2)16-20(17,18)8-3-9(12)10(13)14-5-8/h3-5,7,16H,1-2H3,(H2,13,14). The molecule has 0 fully saturated rings. The van der Waals surface area contributed by atoms with Crippen LogP contribution in [0, 0.1) is 6.92 Å². The SMILES string of the molecule is Cc1cnc(C(C)NS(=O)(=O)c2cnc(N)c(Cl)c2)s1. The summed E-state index contributed by atoms with van der Waals surface area (Å²) in [4.78, 5) is 8.88. The molecule has 0 amide bonds. The van der Waals surface area contributed by atoms with Crippen molar-refractivity contribution >= 4 is 38.8 Å². The highest BCUT2D eigenvalue weighted by Crippen LogP contribution is 2.23. The fourth-order valence-corrected chi connectivity index (χ4v) is 3.76. The van der Waals surface area contributed by atoms with Crippen LogP contribution >= 0.6 is 22.9 Å². The van der Waals surface area contributed by atoms with Gasteiger partial charge in [-0.2, -0.15) is 0 Å². The van der Waals surface area contributed by atoms with E-state index in [-0.39, 0.29) is 15.7 Å². The minimum Gasteiger partial charge on any atom is -0.382 e. The Bertz CT molecular complexity index is 730. The summed E-state index contributed by atoms with van der Waals surface area (Å²) in [5, 5.41) is 0.797. The first-order valence-corrected chi connectivity index (χ1v) is 8.33. The van der Waals surface area contributed by atoms with E-state index in [2.05, 4.69) is 14.7 Å². The number of aromatic nitrogens is 2. The average Bonchev–Trinajstić information content (AvgIpc) is 2.79. The Balaban J connectivity index is 2.24. The second-order valence-electron chi connectivity index (χ2n) is 4.19. The molecule has 1 unspecified atom stereocenters. The number of pyridine rings is 1. The molecular weight excluding hydrogens is 320 g/mol. The van der Waals surface area contributed by atoms with E-state index in [9.17, 15) is 8.42 Å². The number of thiazole rings is 1. The first-order chi connectivity index (χ1) is 9.29. The Kier molecular flexibility index (Phi) is 4.28. The van der Waals surface area contributed by atoms with Gasteiger partial charge in [-0.15, -0.1) is 11.3 Å². The lowest BCUT2D eigenvalue weighted by Crippen LogP contribution is -2.27. The van der Waals surface area contributed by atoms with Crippen LogP contribution in [0.2, 0.25) is 5.02 Å². The number of hydrogen-bond donors (Lipinski definition) is 2. The van der Waals surface area contributed by atoms with Gasteiger partial charge < -0.3 is 5.73 Å². The summed E-state index contributed by atoms with van der Waals surface area (Å²) in [6.45, 7) is 3.63. The van der Waals surface area contributed by atoms with E-state index >= 15 is 0 Å². The molecule has 0 saturated heterocycles. The molecule has 1 atom stereocenters. The molecule has 0 bridgehead atoms. The summed E-state index contributed by atoms with van der Waals surface area (Å²) in [6, 6.07) is 0.835. The van der Waals surface area contributed by atoms with Gasteiger partial charge >= 0.3 is 0 Å². The van der Waals surface area contributed by atoms with E-state index in [0.29, 0.717) is 5.01 Å². The largest absolute Gasteiger partial charge is 0.382 e. The maximum atomic E-state index is 12.2. The van der Waals surface area contributed by atoms with Crippen molar-refractivity contribution in [1.82, 2.24) is 14.7 Å². The number of anilines is 1. The van der Waals surface area contributed by atoms with Crippen LogP contribution in [-0.2, 0) is 10.0 Å². The van der Waals surface area contributed by atoms with Crippen LogP contribution in [0.5, 0.6) is 0 Å². The highest BCUT2D eigenvalue weighted by Gasteiger charge is 2.21. The molecule has 0 spiro atoms. The van der Waals surface area contributed by atoms with E-state index in [1.54, 1.807) is 13.1 Å². The smallest absolute Gasteiger partial charge is 0.242 e. The molecule has 0 aliphatic heterocycles. The van der Waals surface area contributed by atoms with Gasteiger partial charge in [-0.25, -0.2) is 23.1 Å². The highest BCUT2D eigenvalue weighted by molar-refractivity contribution is 7.89. The second kappa shape index (κ2) is 5.65. The maximum absolute atomic E-state index is 12.2.